The van der Waals surface area contributed by atoms with Gasteiger partial charge in [0.05, 0.1) is 0 Å². The van der Waals surface area contributed by atoms with Crippen LogP contribution in [-0.2, 0) is 19.1 Å². The first kappa shape index (κ1) is 17.0. The number of ether oxygens (including phenoxy) is 2. The molecule has 3 amide bonds. The summed E-state index contributed by atoms with van der Waals surface area (Å²) in [5, 5.41) is 4.62. The van der Waals surface area contributed by atoms with Gasteiger partial charge in [-0.1, -0.05) is 30.3 Å². The van der Waals surface area contributed by atoms with Crippen LogP contribution in [0.2, 0.25) is 0 Å². The molecule has 1 aliphatic rings. The number of urea groups is 1. The number of hydrogen-bond donors (Lipinski definition) is 2. The smallest absolute Gasteiger partial charge is 0.336 e. The average molecular weight is 320 g/mol. The third-order valence-electron chi connectivity index (χ3n) is 3.34. The summed E-state index contributed by atoms with van der Waals surface area (Å²) in [6.07, 6.45) is -0.506. The first-order chi connectivity index (χ1) is 11.1. The molecule has 0 radical (unpaired) electrons. The van der Waals surface area contributed by atoms with Gasteiger partial charge in [-0.3, -0.25) is 10.1 Å². The van der Waals surface area contributed by atoms with E-state index in [4.69, 9.17) is 9.47 Å². The Labute approximate surface area is 134 Å². The first-order valence-corrected chi connectivity index (χ1v) is 7.57. The normalized spacial score (nSPS) is 18.0. The maximum atomic E-state index is 12.3. The van der Waals surface area contributed by atoms with Crippen molar-refractivity contribution in [2.24, 2.45) is 0 Å². The minimum Gasteiger partial charge on any atom is -0.445 e. The number of amides is 3. The van der Waals surface area contributed by atoms with Crippen molar-refractivity contribution < 1.29 is 23.9 Å². The summed E-state index contributed by atoms with van der Waals surface area (Å²) in [5.74, 6) is -1.30. The van der Waals surface area contributed by atoms with Crippen molar-refractivity contribution in [1.82, 2.24) is 10.6 Å². The standard InChI is InChI=1S/C16H20N2O5/c1-2-17-16(21)18-14(19)13(11-7-4-3-5-8-11)23-15(20)12-9-6-10-22-12/h3-5,7-8,12-13H,2,6,9-10H2,1H3,(H2,17,18,19,21)/t12-,13+/m1/s1. The highest BCUT2D eigenvalue weighted by Crippen LogP contribution is 2.21. The molecule has 0 unspecified atom stereocenters. The Bertz CT molecular complexity index is 555. The Morgan fingerprint density at radius 1 is 1.30 bits per heavy atom. The molecule has 0 aromatic heterocycles. The number of carbonyl (C=O) groups is 3. The van der Waals surface area contributed by atoms with Gasteiger partial charge in [-0.15, -0.1) is 0 Å². The number of nitrogens with one attached hydrogen (secondary N) is 2. The largest absolute Gasteiger partial charge is 0.445 e. The number of carbonyl (C=O) groups excluding carboxylic acids is 3. The van der Waals surface area contributed by atoms with Crippen molar-refractivity contribution >= 4 is 17.9 Å². The highest BCUT2D eigenvalue weighted by Gasteiger charge is 2.32. The second-order valence-corrected chi connectivity index (χ2v) is 5.08. The molecule has 0 bridgehead atoms. The van der Waals surface area contributed by atoms with Gasteiger partial charge in [0.25, 0.3) is 5.91 Å². The summed E-state index contributed by atoms with van der Waals surface area (Å²) < 4.78 is 10.6. The zero-order chi connectivity index (χ0) is 16.7. The van der Waals surface area contributed by atoms with Gasteiger partial charge in [0, 0.05) is 18.7 Å². The van der Waals surface area contributed by atoms with Crippen LogP contribution < -0.4 is 10.6 Å². The summed E-state index contributed by atoms with van der Waals surface area (Å²) >= 11 is 0. The maximum absolute atomic E-state index is 12.3. The van der Waals surface area contributed by atoms with Crippen molar-refractivity contribution in [3.63, 3.8) is 0 Å². The van der Waals surface area contributed by atoms with E-state index >= 15 is 0 Å². The van der Waals surface area contributed by atoms with Crippen LogP contribution >= 0.6 is 0 Å². The molecule has 1 aromatic carbocycles. The molecule has 7 heteroatoms. The molecule has 0 aliphatic carbocycles. The van der Waals surface area contributed by atoms with Crippen LogP contribution in [0.25, 0.3) is 0 Å². The summed E-state index contributed by atoms with van der Waals surface area (Å²) in [7, 11) is 0. The number of hydrogen-bond acceptors (Lipinski definition) is 5. The predicted molar refractivity (Wildman–Crippen MR) is 81.5 cm³/mol. The van der Waals surface area contributed by atoms with Crippen molar-refractivity contribution in [1.29, 1.82) is 0 Å². The van der Waals surface area contributed by atoms with Gasteiger partial charge in [-0.05, 0) is 19.8 Å². The van der Waals surface area contributed by atoms with Crippen molar-refractivity contribution in [3.8, 4) is 0 Å². The van der Waals surface area contributed by atoms with Gasteiger partial charge in [0.15, 0.2) is 6.10 Å². The van der Waals surface area contributed by atoms with Gasteiger partial charge in [0.2, 0.25) is 6.10 Å². The van der Waals surface area contributed by atoms with Gasteiger partial charge in [-0.25, -0.2) is 9.59 Å². The van der Waals surface area contributed by atoms with E-state index in [0.29, 0.717) is 25.1 Å². The van der Waals surface area contributed by atoms with Crippen molar-refractivity contribution in [3.05, 3.63) is 35.9 Å². The fourth-order valence-corrected chi connectivity index (χ4v) is 2.24. The van der Waals surface area contributed by atoms with Crippen LogP contribution in [0.1, 0.15) is 31.4 Å². The molecule has 0 saturated carbocycles. The Hall–Kier alpha value is -2.41. The average Bonchev–Trinajstić information content (AvgIpc) is 3.07. The number of benzene rings is 1. The Balaban J connectivity index is 2.10. The lowest BCUT2D eigenvalue weighted by atomic mass is 10.1. The molecule has 124 valence electrons. The summed E-state index contributed by atoms with van der Waals surface area (Å²) in [6, 6.07) is 7.91. The SMILES string of the molecule is CCNC(=O)NC(=O)[C@@H](OC(=O)[C@H]1CCCO1)c1ccccc1. The van der Waals surface area contributed by atoms with E-state index in [0.717, 1.165) is 6.42 Å². The summed E-state index contributed by atoms with van der Waals surface area (Å²) in [4.78, 5) is 35.9. The maximum Gasteiger partial charge on any atom is 0.336 e. The summed E-state index contributed by atoms with van der Waals surface area (Å²) in [6.45, 7) is 2.61. The Morgan fingerprint density at radius 2 is 2.04 bits per heavy atom. The number of esters is 1. The fraction of sp³-hybridized carbons (Fsp3) is 0.438. The molecule has 2 N–H and O–H groups in total. The molecule has 1 saturated heterocycles. The molecule has 23 heavy (non-hydrogen) atoms. The molecule has 1 fully saturated rings. The quantitative estimate of drug-likeness (QED) is 0.798. The van der Waals surface area contributed by atoms with Crippen LogP contribution in [0.5, 0.6) is 0 Å². The molecular weight excluding hydrogens is 300 g/mol. The van der Waals surface area contributed by atoms with Crippen LogP contribution in [-0.4, -0.2) is 37.2 Å². The lowest BCUT2D eigenvalue weighted by Gasteiger charge is -2.19. The van der Waals surface area contributed by atoms with E-state index in [1.807, 2.05) is 0 Å². The molecular formula is C16H20N2O5. The highest BCUT2D eigenvalue weighted by atomic mass is 16.6. The van der Waals surface area contributed by atoms with Gasteiger partial charge in [-0.2, -0.15) is 0 Å². The van der Waals surface area contributed by atoms with Crippen molar-refractivity contribution in [2.75, 3.05) is 13.2 Å². The molecule has 1 heterocycles. The van der Waals surface area contributed by atoms with Gasteiger partial charge < -0.3 is 14.8 Å². The minimum absolute atomic E-state index is 0.380. The monoisotopic (exact) mass is 320 g/mol. The van der Waals surface area contributed by atoms with Gasteiger partial charge in [0.1, 0.15) is 0 Å². The third kappa shape index (κ3) is 4.79. The molecule has 1 aromatic rings. The Kier molecular flexibility index (Phi) is 6.10. The van der Waals surface area contributed by atoms with Crippen LogP contribution in [0.15, 0.2) is 30.3 Å². The molecule has 1 aliphatic heterocycles. The van der Waals surface area contributed by atoms with E-state index in [2.05, 4.69) is 10.6 Å². The van der Waals surface area contributed by atoms with E-state index in [-0.39, 0.29) is 0 Å². The lowest BCUT2D eigenvalue weighted by molar-refractivity contribution is -0.164. The second-order valence-electron chi connectivity index (χ2n) is 5.08. The van der Waals surface area contributed by atoms with Crippen LogP contribution in [0, 0.1) is 0 Å². The molecule has 2 rings (SSSR count). The zero-order valence-corrected chi connectivity index (χ0v) is 12.9. The number of rotatable bonds is 5. The third-order valence-corrected chi connectivity index (χ3v) is 3.34. The van der Waals surface area contributed by atoms with Crippen LogP contribution in [0.3, 0.4) is 0 Å². The zero-order valence-electron chi connectivity index (χ0n) is 12.9. The minimum atomic E-state index is -1.20. The number of imide groups is 1. The molecule has 0 spiro atoms. The lowest BCUT2D eigenvalue weighted by Crippen LogP contribution is -2.43. The topological polar surface area (TPSA) is 93.7 Å². The first-order valence-electron chi connectivity index (χ1n) is 7.57. The Morgan fingerprint density at radius 3 is 2.65 bits per heavy atom. The van der Waals surface area contributed by atoms with Crippen molar-refractivity contribution in [2.45, 2.75) is 32.0 Å². The van der Waals surface area contributed by atoms with E-state index in [9.17, 15) is 14.4 Å². The van der Waals surface area contributed by atoms with E-state index in [1.165, 1.54) is 0 Å². The molecule has 2 atom stereocenters. The summed E-state index contributed by atoms with van der Waals surface area (Å²) in [5.41, 5.74) is 0.487. The van der Waals surface area contributed by atoms with Crippen LogP contribution in [0.4, 0.5) is 4.79 Å². The molecule has 7 nitrogen and oxygen atoms in total. The second kappa shape index (κ2) is 8.28. The predicted octanol–water partition coefficient (Wildman–Crippen LogP) is 1.30. The van der Waals surface area contributed by atoms with E-state index in [1.54, 1.807) is 37.3 Å². The van der Waals surface area contributed by atoms with E-state index < -0.39 is 30.1 Å². The highest BCUT2D eigenvalue weighted by molar-refractivity contribution is 5.97. The fourth-order valence-electron chi connectivity index (χ4n) is 2.24. The van der Waals surface area contributed by atoms with Gasteiger partial charge >= 0.3 is 12.0 Å².